The first-order chi connectivity index (χ1) is 36.5. The summed E-state index contributed by atoms with van der Waals surface area (Å²) in [5, 5.41) is 0. The molecule has 1 heterocycles. The number of ether oxygens (including phenoxy) is 8. The van der Waals surface area contributed by atoms with E-state index in [9.17, 15) is 0 Å². The number of methoxy groups -OCH3 is 8. The number of rotatable bonds is 24. The maximum Gasteiger partial charge on any atom is 0.177 e. The molecule has 0 saturated carbocycles. The monoisotopic (exact) mass is 1270 g/mol. The van der Waals surface area contributed by atoms with Gasteiger partial charge < -0.3 is 57.5 Å². The highest BCUT2D eigenvalue weighted by molar-refractivity contribution is 8.79. The number of hydrogen-bond acceptors (Lipinski definition) is 24. The zero-order valence-corrected chi connectivity index (χ0v) is 57.4. The molecule has 0 unspecified atom stereocenters. The summed E-state index contributed by atoms with van der Waals surface area (Å²) in [5.41, 5.74) is 4.79. The van der Waals surface area contributed by atoms with Crippen molar-refractivity contribution in [2.45, 2.75) is 84.4 Å². The number of benzene rings is 4. The van der Waals surface area contributed by atoms with Gasteiger partial charge in [0.05, 0.1) is 96.0 Å². The molecule has 0 saturated heterocycles. The van der Waals surface area contributed by atoms with Crippen molar-refractivity contribution >= 4 is 133 Å². The first-order valence-electron chi connectivity index (χ1n) is 23.9. The zero-order chi connectivity index (χ0) is 56.0. The van der Waals surface area contributed by atoms with Gasteiger partial charge in [-0.25, -0.2) is 0 Å². The highest BCUT2D eigenvalue weighted by Crippen LogP contribution is 2.66. The molecule has 24 heteroatoms. The molecule has 424 valence electrons. The van der Waals surface area contributed by atoms with Crippen LogP contribution in [0.1, 0.15) is 22.3 Å². The van der Waals surface area contributed by atoms with Gasteiger partial charge in [-0.15, -0.1) is 47.0 Å². The van der Waals surface area contributed by atoms with E-state index in [2.05, 4.69) is 101 Å². The predicted octanol–water partition coefficient (Wildman–Crippen LogP) is 14.6. The first kappa shape index (κ1) is 66.1. The average molecular weight is 1270 g/mol. The van der Waals surface area contributed by atoms with Crippen molar-refractivity contribution in [1.29, 1.82) is 0 Å². The third-order valence-corrected chi connectivity index (χ3v) is 25.9. The van der Waals surface area contributed by atoms with Crippen LogP contribution in [0.15, 0.2) is 58.7 Å². The lowest BCUT2D eigenvalue weighted by atomic mass is 10.1. The van der Waals surface area contributed by atoms with E-state index in [4.69, 9.17) is 37.9 Å². The lowest BCUT2D eigenvalue weighted by Crippen LogP contribution is -2.17. The van der Waals surface area contributed by atoms with Crippen LogP contribution >= 0.6 is 133 Å². The van der Waals surface area contributed by atoms with Crippen LogP contribution in [0.3, 0.4) is 0 Å². The smallest absolute Gasteiger partial charge is 0.177 e. The van der Waals surface area contributed by atoms with Crippen molar-refractivity contribution < 1.29 is 37.9 Å². The van der Waals surface area contributed by atoms with Gasteiger partial charge >= 0.3 is 0 Å². The van der Waals surface area contributed by atoms with Crippen LogP contribution in [0.4, 0.5) is 0 Å². The van der Waals surface area contributed by atoms with Gasteiger partial charge in [-0.1, -0.05) is 43.2 Å². The van der Waals surface area contributed by atoms with E-state index < -0.39 is 0 Å². The summed E-state index contributed by atoms with van der Waals surface area (Å²) < 4.78 is 51.7. The maximum atomic E-state index is 6.53. The first-order valence-corrected chi connectivity index (χ1v) is 37.4. The number of likely N-dealkylation sites (N-methyl/N-ethyl adjacent to an activating group) is 4. The maximum absolute atomic E-state index is 6.53. The van der Waals surface area contributed by atoms with E-state index >= 15 is 0 Å². The Hall–Kier alpha value is -0.680. The molecule has 1 aliphatic heterocycles. The molecule has 0 aliphatic carbocycles. The van der Waals surface area contributed by atoms with Crippen molar-refractivity contribution in [1.82, 2.24) is 19.6 Å². The largest absolute Gasteiger partial charge is 0.492 e. The summed E-state index contributed by atoms with van der Waals surface area (Å²) in [4.78, 5) is 21.5. The Balaban J connectivity index is 2.08. The number of fused-ring (bicyclic) bond motifs is 4. The Labute approximate surface area is 503 Å². The van der Waals surface area contributed by atoms with E-state index in [0.29, 0.717) is 23.0 Å². The Morgan fingerprint density at radius 2 is 0.421 bits per heavy atom. The van der Waals surface area contributed by atoms with E-state index in [1.165, 1.54) is 22.3 Å². The number of nitrogens with zero attached hydrogens (tertiary/aromatic N) is 4. The Morgan fingerprint density at radius 3 is 0.553 bits per heavy atom. The van der Waals surface area contributed by atoms with Crippen LogP contribution < -0.4 is 37.9 Å². The normalized spacial score (nSPS) is 13.2. The summed E-state index contributed by atoms with van der Waals surface area (Å²) in [6.07, 6.45) is 11.6. The van der Waals surface area contributed by atoms with Gasteiger partial charge in [-0.05, 0) is 173 Å². The van der Waals surface area contributed by atoms with Crippen LogP contribution in [0.2, 0.25) is 0 Å². The fourth-order valence-electron chi connectivity index (χ4n) is 8.33. The van der Waals surface area contributed by atoms with Crippen molar-refractivity contribution in [3.63, 3.8) is 0 Å². The minimum absolute atomic E-state index is 0.686. The van der Waals surface area contributed by atoms with Gasteiger partial charge in [-0.3, -0.25) is 0 Å². The number of hydrogen-bond donors (Lipinski definition) is 0. The zero-order valence-electron chi connectivity index (χ0n) is 47.6. The van der Waals surface area contributed by atoms with Crippen LogP contribution in [0.5, 0.6) is 46.0 Å². The second-order valence-electron chi connectivity index (χ2n) is 17.8. The highest BCUT2D eigenvalue weighted by atomic mass is 33.1. The van der Waals surface area contributed by atoms with Gasteiger partial charge in [0.2, 0.25) is 0 Å². The average Bonchev–Trinajstić information content (AvgIpc) is 3.42. The van der Waals surface area contributed by atoms with Crippen LogP contribution in [-0.4, -0.2) is 184 Å². The molecular formula is C52H76N4O8S12. The fraction of sp³-hybridized carbons (Fsp3) is 0.538. The van der Waals surface area contributed by atoms with E-state index in [-0.39, 0.29) is 0 Å². The molecule has 5 rings (SSSR count). The molecule has 0 amide bonds. The summed E-state index contributed by atoms with van der Waals surface area (Å²) in [6.45, 7) is 3.30. The highest BCUT2D eigenvalue weighted by Gasteiger charge is 2.35. The Kier molecular flexibility index (Phi) is 28.1. The minimum Gasteiger partial charge on any atom is -0.492 e. The Bertz CT molecular complexity index is 2260. The van der Waals surface area contributed by atoms with Gasteiger partial charge in [0.15, 0.2) is 46.0 Å². The third-order valence-electron chi connectivity index (χ3n) is 12.0. The molecule has 0 spiro atoms. The molecule has 1 aliphatic rings. The van der Waals surface area contributed by atoms with Crippen LogP contribution in [0.25, 0.3) is 0 Å². The molecular weight excluding hydrogens is 1190 g/mol. The Morgan fingerprint density at radius 1 is 0.263 bits per heavy atom. The third kappa shape index (κ3) is 15.1. The topological polar surface area (TPSA) is 86.8 Å². The molecule has 0 radical (unpaired) electrons. The predicted molar refractivity (Wildman–Crippen MR) is 341 cm³/mol. The van der Waals surface area contributed by atoms with E-state index in [0.717, 1.165) is 134 Å². The van der Waals surface area contributed by atoms with E-state index in [1.54, 1.807) is 190 Å². The van der Waals surface area contributed by atoms with Gasteiger partial charge in [-0.2, -0.15) is 0 Å². The van der Waals surface area contributed by atoms with Crippen molar-refractivity contribution in [2.75, 3.05) is 164 Å². The summed E-state index contributed by atoms with van der Waals surface area (Å²) in [6, 6.07) is 0. The van der Waals surface area contributed by atoms with Gasteiger partial charge in [0.25, 0.3) is 0 Å². The lowest BCUT2D eigenvalue weighted by Gasteiger charge is -2.28. The second-order valence-corrected chi connectivity index (χ2v) is 29.7. The van der Waals surface area contributed by atoms with Gasteiger partial charge in [0, 0.05) is 45.8 Å². The SMILES string of the molecule is COc1c(OC)c2c(c(CCN(C)C)c1SC)SSc1c(CCN(C)C)c(SC)c(OC)c(OC)c1SSc1c(OC)c(OC)c(SC)c(CCN(C)C)c1SSc1c(CCN(C)C)c(SC)c(OC)c(OC)c1SS2. The molecule has 0 aromatic heterocycles. The summed E-state index contributed by atoms with van der Waals surface area (Å²) in [7, 11) is 44.8. The standard InChI is InChI=1S/C52H76N4O8S12/c1-53(2)25-21-29-41(65-17)33(57-9)37(61-13)49-45(29)69-70-46-30(22-26-54(3)4)42(66-18)34(58-10)38(62-14)50(46)75-76-52-40(64-16)36(60-12)44(68-20)32(24-28-56(7)8)48(52)72-71-47-31(23-27-55(5)6)43(67-19)35(59-11)39(63-15)51(47)74-73-49/h21-28H2,1-20H3. The van der Waals surface area contributed by atoms with Crippen molar-refractivity contribution in [2.24, 2.45) is 0 Å². The molecule has 76 heavy (non-hydrogen) atoms. The lowest BCUT2D eigenvalue weighted by molar-refractivity contribution is 0.336. The molecule has 0 atom stereocenters. The summed E-state index contributed by atoms with van der Waals surface area (Å²) >= 11 is 6.76. The van der Waals surface area contributed by atoms with Crippen LogP contribution in [-0.2, 0) is 25.7 Å². The van der Waals surface area contributed by atoms with E-state index in [1.807, 2.05) is 0 Å². The van der Waals surface area contributed by atoms with Crippen LogP contribution in [0, 0.1) is 0 Å². The quantitative estimate of drug-likeness (QED) is 0.0492. The minimum atomic E-state index is 0.686. The molecule has 0 N–H and O–H groups in total. The van der Waals surface area contributed by atoms with Crippen molar-refractivity contribution in [3.05, 3.63) is 22.3 Å². The summed E-state index contributed by atoms with van der Waals surface area (Å²) in [5.74, 6) is 5.63. The molecule has 0 fully saturated rings. The number of thioether (sulfide) groups is 4. The second kappa shape index (κ2) is 32.2. The van der Waals surface area contributed by atoms with Crippen molar-refractivity contribution in [3.8, 4) is 46.0 Å². The molecule has 4 aromatic carbocycles. The molecule has 4 aromatic rings. The molecule has 0 bridgehead atoms. The fourth-order valence-corrected chi connectivity index (χ4v) is 24.6. The van der Waals surface area contributed by atoms with Gasteiger partial charge in [0.1, 0.15) is 0 Å². The molecule has 12 nitrogen and oxygen atoms in total.